The first-order valence-electron chi connectivity index (χ1n) is 15.2. The molecule has 0 saturated carbocycles. The number of carbonyl (C=O) groups is 1. The Morgan fingerprint density at radius 2 is 1.84 bits per heavy atom. The summed E-state index contributed by atoms with van der Waals surface area (Å²) in [5.41, 5.74) is 4.79. The van der Waals surface area contributed by atoms with Crippen LogP contribution in [0.4, 0.5) is 0 Å². The summed E-state index contributed by atoms with van der Waals surface area (Å²) in [5, 5.41) is 9.34. The largest absolute Gasteiger partial charge is 0.414 e. The van der Waals surface area contributed by atoms with E-state index < -0.39 is 13.9 Å². The molecule has 1 N–H and O–H groups in total. The SMILES string of the molecule is Cc1ccc2c(-c3cnc4c(n3)c(C(=O)NC(C)(C)CO[Si](C)(C)C(C)(C)C)cn4C)nn(CCN3CCOCC3)c2c1. The highest BCUT2D eigenvalue weighted by Gasteiger charge is 2.39. The zero-order chi connectivity index (χ0) is 31.2. The number of aryl methyl sites for hydroxylation is 2. The van der Waals surface area contributed by atoms with Gasteiger partial charge in [-0.1, -0.05) is 32.9 Å². The van der Waals surface area contributed by atoms with E-state index in [9.17, 15) is 4.79 Å². The smallest absolute Gasteiger partial charge is 0.255 e. The summed E-state index contributed by atoms with van der Waals surface area (Å²) in [5.74, 6) is -0.197. The molecule has 1 saturated heterocycles. The molecule has 43 heavy (non-hydrogen) atoms. The van der Waals surface area contributed by atoms with Crippen molar-refractivity contribution < 1.29 is 14.0 Å². The number of hydrogen-bond donors (Lipinski definition) is 1. The van der Waals surface area contributed by atoms with Gasteiger partial charge in [-0.25, -0.2) is 9.97 Å². The lowest BCUT2D eigenvalue weighted by Crippen LogP contribution is -2.51. The van der Waals surface area contributed by atoms with E-state index in [0.717, 1.165) is 56.0 Å². The number of ether oxygens (including phenoxy) is 1. The van der Waals surface area contributed by atoms with Gasteiger partial charge in [0.25, 0.3) is 5.91 Å². The number of nitrogens with one attached hydrogen (secondary N) is 1. The lowest BCUT2D eigenvalue weighted by molar-refractivity contribution is 0.0361. The number of amides is 1. The molecular formula is C32H47N7O3Si. The Kier molecular flexibility index (Phi) is 8.56. The zero-order valence-electron chi connectivity index (χ0n) is 27.2. The van der Waals surface area contributed by atoms with E-state index in [1.165, 1.54) is 5.56 Å². The van der Waals surface area contributed by atoms with Crippen LogP contribution in [-0.4, -0.2) is 88.4 Å². The third-order valence-corrected chi connectivity index (χ3v) is 13.3. The van der Waals surface area contributed by atoms with Crippen molar-refractivity contribution in [1.29, 1.82) is 0 Å². The highest BCUT2D eigenvalue weighted by atomic mass is 28.4. The maximum absolute atomic E-state index is 13.7. The molecule has 0 atom stereocenters. The molecule has 10 nitrogen and oxygen atoms in total. The molecule has 0 radical (unpaired) electrons. The molecule has 0 aliphatic carbocycles. The molecule has 0 spiro atoms. The topological polar surface area (TPSA) is 99.3 Å². The molecule has 1 aromatic carbocycles. The Morgan fingerprint density at radius 3 is 2.53 bits per heavy atom. The van der Waals surface area contributed by atoms with Crippen molar-refractivity contribution in [3.05, 3.63) is 41.7 Å². The first kappa shape index (κ1) is 31.3. The number of hydrogen-bond acceptors (Lipinski definition) is 7. The average molecular weight is 606 g/mol. The number of fused-ring (bicyclic) bond motifs is 2. The van der Waals surface area contributed by atoms with Crippen LogP contribution in [0.25, 0.3) is 33.5 Å². The summed E-state index contributed by atoms with van der Waals surface area (Å²) >= 11 is 0. The standard InChI is InChI=1S/C32H47N7O3Si/c1-22-10-11-23-26(18-22)39(13-12-38-14-16-41-17-15-38)36-27(23)25-19-33-29-28(34-25)24(20-37(29)7)30(40)35-32(5,6)21-42-43(8,9)31(2,3)4/h10-11,18-20H,12-17,21H2,1-9H3,(H,35,40). The molecule has 1 fully saturated rings. The molecule has 0 bridgehead atoms. The van der Waals surface area contributed by atoms with Gasteiger partial charge < -0.3 is 19.0 Å². The van der Waals surface area contributed by atoms with Crippen LogP contribution in [0.1, 0.15) is 50.5 Å². The Balaban J connectivity index is 1.43. The predicted octanol–water partition coefficient (Wildman–Crippen LogP) is 5.16. The monoisotopic (exact) mass is 605 g/mol. The summed E-state index contributed by atoms with van der Waals surface area (Å²) in [4.78, 5) is 25.8. The van der Waals surface area contributed by atoms with Crippen LogP contribution in [0, 0.1) is 6.92 Å². The van der Waals surface area contributed by atoms with Crippen molar-refractivity contribution in [1.82, 2.24) is 34.5 Å². The predicted molar refractivity (Wildman–Crippen MR) is 174 cm³/mol. The second kappa shape index (κ2) is 11.8. The molecule has 3 aromatic heterocycles. The molecule has 1 amide bonds. The van der Waals surface area contributed by atoms with Crippen LogP contribution in [0.5, 0.6) is 0 Å². The number of rotatable bonds is 9. The molecule has 0 unspecified atom stereocenters. The van der Waals surface area contributed by atoms with E-state index in [0.29, 0.717) is 29.0 Å². The molecule has 232 valence electrons. The van der Waals surface area contributed by atoms with Crippen LogP contribution in [0.2, 0.25) is 18.1 Å². The fraction of sp³-hybridized carbons (Fsp3) is 0.562. The number of benzene rings is 1. The van der Waals surface area contributed by atoms with Gasteiger partial charge in [0, 0.05) is 38.3 Å². The lowest BCUT2D eigenvalue weighted by atomic mass is 10.1. The Bertz CT molecular complexity index is 1630. The maximum atomic E-state index is 13.7. The fourth-order valence-electron chi connectivity index (χ4n) is 5.11. The van der Waals surface area contributed by atoms with Crippen LogP contribution >= 0.6 is 0 Å². The van der Waals surface area contributed by atoms with Crippen LogP contribution in [-0.2, 0) is 22.8 Å². The van der Waals surface area contributed by atoms with Crippen molar-refractivity contribution >= 4 is 36.3 Å². The summed E-state index contributed by atoms with van der Waals surface area (Å²) in [6, 6.07) is 6.38. The Labute approximate surface area is 255 Å². The summed E-state index contributed by atoms with van der Waals surface area (Å²) < 4.78 is 15.9. The maximum Gasteiger partial charge on any atom is 0.255 e. The van der Waals surface area contributed by atoms with Crippen molar-refractivity contribution in [3.8, 4) is 11.4 Å². The Hall–Kier alpha value is -3.12. The van der Waals surface area contributed by atoms with E-state index in [1.807, 2.05) is 25.5 Å². The zero-order valence-corrected chi connectivity index (χ0v) is 28.2. The van der Waals surface area contributed by atoms with Gasteiger partial charge in [-0.15, -0.1) is 0 Å². The van der Waals surface area contributed by atoms with Gasteiger partial charge in [-0.2, -0.15) is 5.10 Å². The first-order valence-corrected chi connectivity index (χ1v) is 18.1. The normalized spacial score (nSPS) is 15.5. The van der Waals surface area contributed by atoms with E-state index >= 15 is 0 Å². The minimum atomic E-state index is -1.96. The average Bonchev–Trinajstić information content (AvgIpc) is 3.47. The number of morpholine rings is 1. The van der Waals surface area contributed by atoms with Crippen molar-refractivity contribution in [2.24, 2.45) is 7.05 Å². The molecular weight excluding hydrogens is 558 g/mol. The minimum absolute atomic E-state index is 0.0903. The highest BCUT2D eigenvalue weighted by molar-refractivity contribution is 6.74. The molecule has 4 heterocycles. The van der Waals surface area contributed by atoms with Gasteiger partial charge in [-0.3, -0.25) is 14.4 Å². The van der Waals surface area contributed by atoms with E-state index in [4.69, 9.17) is 24.2 Å². The summed E-state index contributed by atoms with van der Waals surface area (Å²) in [6.45, 7) is 22.7. The van der Waals surface area contributed by atoms with E-state index in [1.54, 1.807) is 12.4 Å². The highest BCUT2D eigenvalue weighted by Crippen LogP contribution is 2.37. The number of aromatic nitrogens is 5. The second-order valence-electron chi connectivity index (χ2n) is 14.0. The number of carbonyl (C=O) groups excluding carboxylic acids is 1. The summed E-state index contributed by atoms with van der Waals surface area (Å²) in [7, 11) is -0.0783. The van der Waals surface area contributed by atoms with Gasteiger partial charge in [0.2, 0.25) is 0 Å². The second-order valence-corrected chi connectivity index (χ2v) is 18.8. The molecule has 5 rings (SSSR count). The van der Waals surface area contributed by atoms with Gasteiger partial charge in [0.05, 0.1) is 49.2 Å². The van der Waals surface area contributed by atoms with E-state index in [-0.39, 0.29) is 10.9 Å². The van der Waals surface area contributed by atoms with Crippen molar-refractivity contribution in [2.75, 3.05) is 39.5 Å². The van der Waals surface area contributed by atoms with Crippen LogP contribution in [0.15, 0.2) is 30.6 Å². The van der Waals surface area contributed by atoms with Crippen LogP contribution < -0.4 is 5.32 Å². The molecule has 11 heteroatoms. The molecule has 1 aliphatic heterocycles. The van der Waals surface area contributed by atoms with Gasteiger partial charge >= 0.3 is 0 Å². The third-order valence-electron chi connectivity index (χ3n) is 8.84. The quantitative estimate of drug-likeness (QED) is 0.263. The van der Waals surface area contributed by atoms with Gasteiger partial charge in [-0.05, 0) is 50.5 Å². The number of nitrogens with zero attached hydrogens (tertiary/aromatic N) is 6. The third kappa shape index (κ3) is 6.69. The van der Waals surface area contributed by atoms with Crippen molar-refractivity contribution in [3.63, 3.8) is 0 Å². The summed E-state index contributed by atoms with van der Waals surface area (Å²) in [6.07, 6.45) is 3.56. The molecule has 1 aliphatic rings. The van der Waals surface area contributed by atoms with Crippen LogP contribution in [0.3, 0.4) is 0 Å². The molecule has 4 aromatic rings. The first-order chi connectivity index (χ1) is 20.1. The fourth-order valence-corrected chi connectivity index (χ4v) is 6.27. The van der Waals surface area contributed by atoms with Crippen molar-refractivity contribution in [2.45, 2.75) is 71.8 Å². The lowest BCUT2D eigenvalue weighted by Gasteiger charge is -2.39. The minimum Gasteiger partial charge on any atom is -0.414 e. The Morgan fingerprint density at radius 1 is 1.12 bits per heavy atom. The van der Waals surface area contributed by atoms with Gasteiger partial charge in [0.1, 0.15) is 16.9 Å². The van der Waals surface area contributed by atoms with Gasteiger partial charge in [0.15, 0.2) is 14.0 Å². The van der Waals surface area contributed by atoms with E-state index in [2.05, 4.69) is 73.9 Å².